The summed E-state index contributed by atoms with van der Waals surface area (Å²) in [7, 11) is 0. The van der Waals surface area contributed by atoms with Crippen molar-refractivity contribution < 1.29 is 4.79 Å². The van der Waals surface area contributed by atoms with Gasteiger partial charge < -0.3 is 15.6 Å². The first kappa shape index (κ1) is 12.7. The number of nitrogens with two attached hydrogens (primary N) is 1. The van der Waals surface area contributed by atoms with E-state index >= 15 is 0 Å². The van der Waals surface area contributed by atoms with Crippen molar-refractivity contribution in [3.63, 3.8) is 0 Å². The molecule has 18 heavy (non-hydrogen) atoms. The molecular weight excluding hydrogens is 246 g/mol. The summed E-state index contributed by atoms with van der Waals surface area (Å²) in [6, 6.07) is 3.73. The molecule has 3 N–H and O–H groups in total. The summed E-state index contributed by atoms with van der Waals surface area (Å²) < 4.78 is 1.90. The number of hydrogen-bond acceptors (Lipinski definition) is 3. The molecular formula is C13H17N3OS. The number of thiophene rings is 1. The number of aromatic nitrogens is 1. The molecule has 1 amide bonds. The molecule has 0 aliphatic rings. The molecule has 0 unspecified atom stereocenters. The number of aryl methyl sites for hydroxylation is 1. The maximum atomic E-state index is 12.1. The number of amides is 1. The van der Waals surface area contributed by atoms with Crippen LogP contribution in [-0.2, 0) is 13.1 Å². The van der Waals surface area contributed by atoms with E-state index in [4.69, 9.17) is 5.73 Å². The third kappa shape index (κ3) is 2.92. The minimum absolute atomic E-state index is 0.0775. The molecule has 4 nitrogen and oxygen atoms in total. The van der Waals surface area contributed by atoms with Crippen LogP contribution < -0.4 is 11.1 Å². The normalized spacial score (nSPS) is 10.5. The summed E-state index contributed by atoms with van der Waals surface area (Å²) >= 11 is 1.63. The quantitative estimate of drug-likeness (QED) is 0.870. The first-order valence-electron chi connectivity index (χ1n) is 5.95. The molecule has 5 heteroatoms. The van der Waals surface area contributed by atoms with Crippen LogP contribution in [0.3, 0.4) is 0 Å². The Balaban J connectivity index is 2.03. The number of carbonyl (C=O) groups is 1. The Morgan fingerprint density at radius 3 is 3.06 bits per heavy atom. The summed E-state index contributed by atoms with van der Waals surface area (Å²) in [5.74, 6) is -0.0775. The molecule has 0 spiro atoms. The first-order chi connectivity index (χ1) is 8.70. The second-order valence-corrected chi connectivity index (χ2v) is 4.95. The lowest BCUT2D eigenvalue weighted by Gasteiger charge is -2.07. The Kier molecular flexibility index (Phi) is 4.04. The molecule has 0 atom stereocenters. The zero-order chi connectivity index (χ0) is 13.0. The molecule has 0 aliphatic heterocycles. The number of anilines is 1. The van der Waals surface area contributed by atoms with Crippen LogP contribution >= 0.6 is 11.3 Å². The number of hydrogen-bond donors (Lipinski definition) is 2. The van der Waals surface area contributed by atoms with Crippen molar-refractivity contribution in [2.45, 2.75) is 26.4 Å². The number of rotatable bonds is 5. The van der Waals surface area contributed by atoms with Gasteiger partial charge in [0.1, 0.15) is 5.69 Å². The first-order valence-corrected chi connectivity index (χ1v) is 6.90. The Hall–Kier alpha value is -1.75. The molecule has 0 saturated carbocycles. The second kappa shape index (κ2) is 5.73. The summed E-state index contributed by atoms with van der Waals surface area (Å²) in [6.07, 6.45) is 2.78. The zero-order valence-corrected chi connectivity index (χ0v) is 11.2. The van der Waals surface area contributed by atoms with Crippen LogP contribution in [0.1, 0.15) is 29.4 Å². The SMILES string of the molecule is CCCn1cc(N)cc1C(=O)NCc1ccsc1. The van der Waals surface area contributed by atoms with Gasteiger partial charge in [-0.25, -0.2) is 0 Å². The van der Waals surface area contributed by atoms with Gasteiger partial charge in [-0.3, -0.25) is 4.79 Å². The zero-order valence-electron chi connectivity index (χ0n) is 10.3. The van der Waals surface area contributed by atoms with Gasteiger partial charge in [0.05, 0.1) is 5.69 Å². The minimum Gasteiger partial charge on any atom is -0.397 e. The van der Waals surface area contributed by atoms with Gasteiger partial charge >= 0.3 is 0 Å². The Labute approximate surface area is 110 Å². The van der Waals surface area contributed by atoms with Gasteiger partial charge in [0.15, 0.2) is 0 Å². The molecule has 0 aliphatic carbocycles. The van der Waals surface area contributed by atoms with E-state index in [1.807, 2.05) is 27.6 Å². The molecule has 0 bridgehead atoms. The van der Waals surface area contributed by atoms with E-state index in [9.17, 15) is 4.79 Å². The van der Waals surface area contributed by atoms with Crippen molar-refractivity contribution in [1.29, 1.82) is 0 Å². The van der Waals surface area contributed by atoms with E-state index in [0.29, 0.717) is 17.9 Å². The fourth-order valence-corrected chi connectivity index (χ4v) is 2.48. The fourth-order valence-electron chi connectivity index (χ4n) is 1.82. The van der Waals surface area contributed by atoms with Gasteiger partial charge in [-0.1, -0.05) is 6.92 Å². The molecule has 0 radical (unpaired) electrons. The lowest BCUT2D eigenvalue weighted by molar-refractivity contribution is 0.0941. The number of carbonyl (C=O) groups excluding carboxylic acids is 1. The average molecular weight is 263 g/mol. The Morgan fingerprint density at radius 2 is 2.39 bits per heavy atom. The molecule has 96 valence electrons. The van der Waals surface area contributed by atoms with Gasteiger partial charge in [-0.2, -0.15) is 11.3 Å². The van der Waals surface area contributed by atoms with Crippen LogP contribution in [0.15, 0.2) is 29.1 Å². The average Bonchev–Trinajstić information content (AvgIpc) is 2.96. The maximum absolute atomic E-state index is 12.1. The monoisotopic (exact) mass is 263 g/mol. The highest BCUT2D eigenvalue weighted by Crippen LogP contribution is 2.12. The van der Waals surface area contributed by atoms with E-state index in [1.54, 1.807) is 17.4 Å². The Bertz CT molecular complexity index is 516. The molecule has 2 aromatic rings. The van der Waals surface area contributed by atoms with Crippen molar-refractivity contribution in [2.75, 3.05) is 5.73 Å². The van der Waals surface area contributed by atoms with E-state index in [0.717, 1.165) is 18.5 Å². The van der Waals surface area contributed by atoms with Gasteiger partial charge in [-0.05, 0) is 34.9 Å². The van der Waals surface area contributed by atoms with Gasteiger partial charge in [-0.15, -0.1) is 0 Å². The smallest absolute Gasteiger partial charge is 0.268 e. The van der Waals surface area contributed by atoms with Crippen LogP contribution in [0.4, 0.5) is 5.69 Å². The highest BCUT2D eigenvalue weighted by Gasteiger charge is 2.12. The summed E-state index contributed by atoms with van der Waals surface area (Å²) in [5, 5.41) is 6.93. The highest BCUT2D eigenvalue weighted by atomic mass is 32.1. The summed E-state index contributed by atoms with van der Waals surface area (Å²) in [6.45, 7) is 3.43. The number of nitrogens with zero attached hydrogens (tertiary/aromatic N) is 1. The standard InChI is InChI=1S/C13H17N3OS/c1-2-4-16-8-11(14)6-12(16)13(17)15-7-10-3-5-18-9-10/h3,5-6,8-9H,2,4,7,14H2,1H3,(H,15,17). The largest absolute Gasteiger partial charge is 0.397 e. The minimum atomic E-state index is -0.0775. The molecule has 0 aromatic carbocycles. The fraction of sp³-hybridized carbons (Fsp3) is 0.308. The summed E-state index contributed by atoms with van der Waals surface area (Å²) in [4.78, 5) is 12.1. The lowest BCUT2D eigenvalue weighted by Crippen LogP contribution is -2.25. The van der Waals surface area contributed by atoms with E-state index < -0.39 is 0 Å². The van der Waals surface area contributed by atoms with Gasteiger partial charge in [0, 0.05) is 19.3 Å². The second-order valence-electron chi connectivity index (χ2n) is 4.17. The van der Waals surface area contributed by atoms with Gasteiger partial charge in [0.2, 0.25) is 0 Å². The highest BCUT2D eigenvalue weighted by molar-refractivity contribution is 7.07. The molecule has 2 heterocycles. The lowest BCUT2D eigenvalue weighted by atomic mass is 10.3. The van der Waals surface area contributed by atoms with Crippen molar-refractivity contribution >= 4 is 22.9 Å². The van der Waals surface area contributed by atoms with E-state index in [2.05, 4.69) is 12.2 Å². The van der Waals surface area contributed by atoms with E-state index in [1.165, 1.54) is 0 Å². The van der Waals surface area contributed by atoms with Crippen molar-refractivity contribution in [1.82, 2.24) is 9.88 Å². The molecule has 2 rings (SSSR count). The van der Waals surface area contributed by atoms with Crippen LogP contribution in [0, 0.1) is 0 Å². The predicted molar refractivity (Wildman–Crippen MR) is 74.6 cm³/mol. The topological polar surface area (TPSA) is 60.0 Å². The third-order valence-corrected chi connectivity index (χ3v) is 3.38. The molecule has 0 saturated heterocycles. The maximum Gasteiger partial charge on any atom is 0.268 e. The van der Waals surface area contributed by atoms with Crippen LogP contribution in [0.5, 0.6) is 0 Å². The Morgan fingerprint density at radius 1 is 1.56 bits per heavy atom. The van der Waals surface area contributed by atoms with Crippen molar-refractivity contribution in [3.8, 4) is 0 Å². The van der Waals surface area contributed by atoms with E-state index in [-0.39, 0.29) is 5.91 Å². The predicted octanol–water partition coefficient (Wildman–Crippen LogP) is 2.47. The molecule has 2 aromatic heterocycles. The van der Waals surface area contributed by atoms with Gasteiger partial charge in [0.25, 0.3) is 5.91 Å². The van der Waals surface area contributed by atoms with Crippen LogP contribution in [0.2, 0.25) is 0 Å². The molecule has 0 fully saturated rings. The van der Waals surface area contributed by atoms with Crippen molar-refractivity contribution in [3.05, 3.63) is 40.3 Å². The third-order valence-electron chi connectivity index (χ3n) is 2.65. The summed E-state index contributed by atoms with van der Waals surface area (Å²) in [5.41, 5.74) is 8.12. The van der Waals surface area contributed by atoms with Crippen molar-refractivity contribution in [2.24, 2.45) is 0 Å². The van der Waals surface area contributed by atoms with Crippen LogP contribution in [-0.4, -0.2) is 10.5 Å². The van der Waals surface area contributed by atoms with Crippen LogP contribution in [0.25, 0.3) is 0 Å². The number of nitrogen functional groups attached to an aromatic ring is 1. The number of nitrogens with one attached hydrogen (secondary N) is 1.